The SMILES string of the molecule is Cc1sc2ncc(S(N)(=O)=O)n2c1C. The minimum absolute atomic E-state index is 0.0503. The van der Waals surface area contributed by atoms with Crippen molar-refractivity contribution in [1.29, 1.82) is 0 Å². The van der Waals surface area contributed by atoms with Crippen LogP contribution in [0.15, 0.2) is 11.2 Å². The summed E-state index contributed by atoms with van der Waals surface area (Å²) in [6, 6.07) is 0. The summed E-state index contributed by atoms with van der Waals surface area (Å²) in [5.74, 6) is 0. The van der Waals surface area contributed by atoms with Gasteiger partial charge in [-0.3, -0.25) is 4.40 Å². The van der Waals surface area contributed by atoms with Gasteiger partial charge in [-0.15, -0.1) is 11.3 Å². The number of aromatic nitrogens is 2. The van der Waals surface area contributed by atoms with Crippen LogP contribution < -0.4 is 5.14 Å². The number of nitrogens with zero attached hydrogens (tertiary/aromatic N) is 2. The van der Waals surface area contributed by atoms with Crippen LogP contribution in [0.5, 0.6) is 0 Å². The number of rotatable bonds is 1. The van der Waals surface area contributed by atoms with Crippen LogP contribution in [0.25, 0.3) is 4.96 Å². The second-order valence-electron chi connectivity index (χ2n) is 3.00. The summed E-state index contributed by atoms with van der Waals surface area (Å²) in [7, 11) is -3.69. The van der Waals surface area contributed by atoms with Crippen molar-refractivity contribution in [2.75, 3.05) is 0 Å². The molecular weight excluding hydrogens is 222 g/mol. The summed E-state index contributed by atoms with van der Waals surface area (Å²) >= 11 is 1.45. The molecule has 76 valence electrons. The second-order valence-corrected chi connectivity index (χ2v) is 5.69. The number of aryl methyl sites for hydroxylation is 2. The first-order valence-electron chi connectivity index (χ1n) is 3.87. The summed E-state index contributed by atoms with van der Waals surface area (Å²) in [4.78, 5) is 5.69. The Labute approximate surface area is 85.2 Å². The van der Waals surface area contributed by atoms with Crippen molar-refractivity contribution >= 4 is 26.3 Å². The number of hydrogen-bond acceptors (Lipinski definition) is 4. The molecule has 0 saturated heterocycles. The van der Waals surface area contributed by atoms with Crippen LogP contribution >= 0.6 is 11.3 Å². The number of imidazole rings is 1. The lowest BCUT2D eigenvalue weighted by Gasteiger charge is -1.97. The highest BCUT2D eigenvalue weighted by molar-refractivity contribution is 7.89. The van der Waals surface area contributed by atoms with Crippen LogP contribution in [0.2, 0.25) is 0 Å². The smallest absolute Gasteiger partial charge is 0.255 e. The van der Waals surface area contributed by atoms with Gasteiger partial charge >= 0.3 is 0 Å². The zero-order valence-electron chi connectivity index (χ0n) is 7.68. The molecule has 0 bridgehead atoms. The Balaban J connectivity index is 2.93. The number of primary sulfonamides is 1. The molecule has 2 rings (SSSR count). The molecule has 0 aliphatic heterocycles. The van der Waals surface area contributed by atoms with Gasteiger partial charge in [0.15, 0.2) is 9.99 Å². The van der Waals surface area contributed by atoms with E-state index in [9.17, 15) is 8.42 Å². The number of sulfonamides is 1. The molecule has 0 amide bonds. The number of hydrogen-bond donors (Lipinski definition) is 1. The molecule has 0 atom stereocenters. The first-order valence-corrected chi connectivity index (χ1v) is 6.24. The average molecular weight is 231 g/mol. The fourth-order valence-corrected chi connectivity index (χ4v) is 2.95. The van der Waals surface area contributed by atoms with Gasteiger partial charge < -0.3 is 0 Å². The van der Waals surface area contributed by atoms with E-state index in [2.05, 4.69) is 4.98 Å². The Morgan fingerprint density at radius 1 is 1.50 bits per heavy atom. The van der Waals surface area contributed by atoms with Gasteiger partial charge in [-0.1, -0.05) is 0 Å². The maximum absolute atomic E-state index is 11.2. The van der Waals surface area contributed by atoms with Crippen molar-refractivity contribution in [1.82, 2.24) is 9.38 Å². The standard InChI is InChI=1S/C7H9N3O2S2/c1-4-5(2)13-7-9-3-6(10(4)7)14(8,11)12/h3H,1-2H3,(H2,8,11,12). The Morgan fingerprint density at radius 2 is 2.14 bits per heavy atom. The van der Waals surface area contributed by atoms with E-state index < -0.39 is 10.0 Å². The third-order valence-corrected chi connectivity index (χ3v) is 4.02. The molecule has 2 aromatic rings. The summed E-state index contributed by atoms with van der Waals surface area (Å²) in [5, 5.41) is 5.11. The summed E-state index contributed by atoms with van der Waals surface area (Å²) < 4.78 is 23.9. The molecule has 5 nitrogen and oxygen atoms in total. The van der Waals surface area contributed by atoms with Crippen LogP contribution in [0.4, 0.5) is 0 Å². The summed E-state index contributed by atoms with van der Waals surface area (Å²) in [6.45, 7) is 3.76. The van der Waals surface area contributed by atoms with E-state index in [1.807, 2.05) is 13.8 Å². The molecule has 0 radical (unpaired) electrons. The molecule has 0 saturated carbocycles. The predicted octanol–water partition coefficient (Wildman–Crippen LogP) is 0.660. The van der Waals surface area contributed by atoms with Crippen molar-refractivity contribution in [3.63, 3.8) is 0 Å². The molecule has 0 aromatic carbocycles. The van der Waals surface area contributed by atoms with Gasteiger partial charge in [-0.2, -0.15) is 0 Å². The van der Waals surface area contributed by atoms with Gasteiger partial charge in [-0.05, 0) is 13.8 Å². The number of thiazole rings is 1. The maximum Gasteiger partial charge on any atom is 0.255 e. The van der Waals surface area contributed by atoms with Gasteiger partial charge in [0.1, 0.15) is 0 Å². The maximum atomic E-state index is 11.2. The largest absolute Gasteiger partial charge is 0.277 e. The first-order chi connectivity index (χ1) is 6.41. The average Bonchev–Trinajstić information content (AvgIpc) is 2.54. The van der Waals surface area contributed by atoms with Crippen molar-refractivity contribution in [2.24, 2.45) is 5.14 Å². The first kappa shape index (κ1) is 9.63. The van der Waals surface area contributed by atoms with Gasteiger partial charge in [0.25, 0.3) is 10.0 Å². The summed E-state index contributed by atoms with van der Waals surface area (Å²) in [6.07, 6.45) is 1.29. The van der Waals surface area contributed by atoms with E-state index in [1.54, 1.807) is 4.40 Å². The van der Waals surface area contributed by atoms with E-state index in [0.29, 0.717) is 4.96 Å². The topological polar surface area (TPSA) is 77.5 Å². The number of nitrogens with two attached hydrogens (primary N) is 1. The van der Waals surface area contributed by atoms with Crippen molar-refractivity contribution in [2.45, 2.75) is 18.9 Å². The Hall–Kier alpha value is -0.920. The predicted molar refractivity (Wildman–Crippen MR) is 53.9 cm³/mol. The molecule has 2 aromatic heterocycles. The van der Waals surface area contributed by atoms with Crippen LogP contribution in [-0.4, -0.2) is 17.8 Å². The van der Waals surface area contributed by atoms with Gasteiger partial charge in [0, 0.05) is 10.6 Å². The Bertz CT molecular complexity index is 594. The van der Waals surface area contributed by atoms with Crippen LogP contribution in [0, 0.1) is 13.8 Å². The monoisotopic (exact) mass is 231 g/mol. The van der Waals surface area contributed by atoms with Crippen molar-refractivity contribution < 1.29 is 8.42 Å². The van der Waals surface area contributed by atoms with E-state index in [4.69, 9.17) is 5.14 Å². The minimum atomic E-state index is -3.69. The normalized spacial score (nSPS) is 12.5. The fraction of sp³-hybridized carbons (Fsp3) is 0.286. The fourth-order valence-electron chi connectivity index (χ4n) is 1.27. The highest BCUT2D eigenvalue weighted by atomic mass is 32.2. The van der Waals surface area contributed by atoms with Crippen LogP contribution in [-0.2, 0) is 10.0 Å². The molecular formula is C7H9N3O2S2. The van der Waals surface area contributed by atoms with Crippen LogP contribution in [0.3, 0.4) is 0 Å². The molecule has 0 fully saturated rings. The zero-order valence-corrected chi connectivity index (χ0v) is 9.32. The van der Waals surface area contributed by atoms with E-state index >= 15 is 0 Å². The van der Waals surface area contributed by atoms with E-state index in [1.165, 1.54) is 17.5 Å². The third kappa shape index (κ3) is 1.24. The van der Waals surface area contributed by atoms with Gasteiger partial charge in [0.05, 0.1) is 6.20 Å². The summed E-state index contributed by atoms with van der Waals surface area (Å²) in [5.41, 5.74) is 0.867. The van der Waals surface area contributed by atoms with Crippen molar-refractivity contribution in [3.05, 3.63) is 16.8 Å². The Kier molecular flexibility index (Phi) is 1.91. The molecule has 14 heavy (non-hydrogen) atoms. The molecule has 0 unspecified atom stereocenters. The molecule has 0 spiro atoms. The third-order valence-electron chi connectivity index (χ3n) is 2.08. The molecule has 2 N–H and O–H groups in total. The lowest BCUT2D eigenvalue weighted by atomic mass is 10.4. The van der Waals surface area contributed by atoms with E-state index in [0.717, 1.165) is 10.6 Å². The van der Waals surface area contributed by atoms with E-state index in [-0.39, 0.29) is 5.03 Å². The van der Waals surface area contributed by atoms with Crippen molar-refractivity contribution in [3.8, 4) is 0 Å². The number of fused-ring (bicyclic) bond motifs is 1. The Morgan fingerprint density at radius 3 is 2.71 bits per heavy atom. The van der Waals surface area contributed by atoms with Crippen LogP contribution in [0.1, 0.15) is 10.6 Å². The highest BCUT2D eigenvalue weighted by Crippen LogP contribution is 2.24. The second kappa shape index (κ2) is 2.78. The van der Waals surface area contributed by atoms with Gasteiger partial charge in [0.2, 0.25) is 0 Å². The molecule has 2 heterocycles. The van der Waals surface area contributed by atoms with Gasteiger partial charge in [-0.25, -0.2) is 18.5 Å². The molecule has 0 aliphatic rings. The highest BCUT2D eigenvalue weighted by Gasteiger charge is 2.18. The molecule has 0 aliphatic carbocycles. The molecule has 7 heteroatoms. The lowest BCUT2D eigenvalue weighted by Crippen LogP contribution is -2.14. The zero-order chi connectivity index (χ0) is 10.5. The lowest BCUT2D eigenvalue weighted by molar-refractivity contribution is 0.592. The quantitative estimate of drug-likeness (QED) is 0.783. The minimum Gasteiger partial charge on any atom is -0.277 e.